The summed E-state index contributed by atoms with van der Waals surface area (Å²) in [5, 5.41) is 0. The molecule has 0 unspecified atom stereocenters. The van der Waals surface area contributed by atoms with Crippen LogP contribution >= 0.6 is 0 Å². The van der Waals surface area contributed by atoms with Crippen molar-refractivity contribution in [2.24, 2.45) is 0 Å². The minimum absolute atomic E-state index is 1.00. The number of rotatable bonds is 3. The molecule has 0 fully saturated rings. The van der Waals surface area contributed by atoms with Crippen molar-refractivity contribution in [3.63, 3.8) is 0 Å². The molecule has 0 nitrogen and oxygen atoms in total. The average Bonchev–Trinajstić information content (AvgIpc) is 2.63. The Kier molecular flexibility index (Phi) is 2.68. The van der Waals surface area contributed by atoms with Gasteiger partial charge >= 0.3 is 0 Å². The Morgan fingerprint density at radius 1 is 1.13 bits per heavy atom. The van der Waals surface area contributed by atoms with Crippen molar-refractivity contribution in [3.8, 4) is 0 Å². The molecule has 0 spiro atoms. The molecule has 15 heavy (non-hydrogen) atoms. The molecule has 0 saturated heterocycles. The molecule has 74 valence electrons. The summed E-state index contributed by atoms with van der Waals surface area (Å²) in [5.41, 5.74) is 5.28. The molecule has 1 aromatic carbocycles. The smallest absolute Gasteiger partial charge is 0.00135 e. The van der Waals surface area contributed by atoms with Gasteiger partial charge in [0.1, 0.15) is 0 Å². The van der Waals surface area contributed by atoms with E-state index >= 15 is 0 Å². The Balaban J connectivity index is 2.47. The second-order valence-electron chi connectivity index (χ2n) is 3.57. The van der Waals surface area contributed by atoms with Gasteiger partial charge in [-0.25, -0.2) is 0 Å². The summed E-state index contributed by atoms with van der Waals surface area (Å²) in [6.45, 7) is 7.57. The predicted molar refractivity (Wildman–Crippen MR) is 66.6 cm³/mol. The van der Waals surface area contributed by atoms with Crippen molar-refractivity contribution in [1.29, 1.82) is 0 Å². The molecule has 0 heteroatoms. The van der Waals surface area contributed by atoms with Gasteiger partial charge in [0.15, 0.2) is 0 Å². The summed E-state index contributed by atoms with van der Waals surface area (Å²) in [7, 11) is 0. The summed E-state index contributed by atoms with van der Waals surface area (Å²) in [5.74, 6) is 0. The lowest BCUT2D eigenvalue weighted by Gasteiger charge is -1.98. The van der Waals surface area contributed by atoms with Crippen LogP contribution < -0.4 is 0 Å². The van der Waals surface area contributed by atoms with E-state index < -0.39 is 0 Å². The van der Waals surface area contributed by atoms with Crippen LogP contribution in [0.1, 0.15) is 11.1 Å². The van der Waals surface area contributed by atoms with Crippen LogP contribution in [0.3, 0.4) is 0 Å². The van der Waals surface area contributed by atoms with Crippen LogP contribution in [0.2, 0.25) is 0 Å². The lowest BCUT2D eigenvalue weighted by molar-refractivity contribution is 1.25. The summed E-state index contributed by atoms with van der Waals surface area (Å²) in [6, 6.07) is 8.48. The molecule has 0 radical (unpaired) electrons. The van der Waals surface area contributed by atoms with Crippen LogP contribution in [-0.4, -0.2) is 0 Å². The van der Waals surface area contributed by atoms with Gasteiger partial charge in [-0.15, -0.1) is 0 Å². The van der Waals surface area contributed by atoms with E-state index in [0.29, 0.717) is 0 Å². The second-order valence-corrected chi connectivity index (χ2v) is 3.57. The SMILES string of the molecule is C=C/C=C\C1=C(C=C)c2ccccc2C1. The van der Waals surface area contributed by atoms with Gasteiger partial charge < -0.3 is 0 Å². The molecule has 0 atom stereocenters. The molecule has 0 amide bonds. The fourth-order valence-corrected chi connectivity index (χ4v) is 1.98. The highest BCUT2D eigenvalue weighted by molar-refractivity contribution is 5.84. The van der Waals surface area contributed by atoms with Crippen LogP contribution in [-0.2, 0) is 6.42 Å². The maximum Gasteiger partial charge on any atom is -0.00135 e. The maximum absolute atomic E-state index is 3.88. The topological polar surface area (TPSA) is 0 Å². The molecule has 1 aliphatic carbocycles. The highest BCUT2D eigenvalue weighted by Crippen LogP contribution is 2.33. The Morgan fingerprint density at radius 3 is 2.67 bits per heavy atom. The monoisotopic (exact) mass is 194 g/mol. The van der Waals surface area contributed by atoms with Crippen LogP contribution in [0.4, 0.5) is 0 Å². The van der Waals surface area contributed by atoms with E-state index in [4.69, 9.17) is 0 Å². The third-order valence-corrected chi connectivity index (χ3v) is 2.67. The summed E-state index contributed by atoms with van der Waals surface area (Å²) in [4.78, 5) is 0. The van der Waals surface area contributed by atoms with Crippen molar-refractivity contribution < 1.29 is 0 Å². The van der Waals surface area contributed by atoms with Crippen molar-refractivity contribution in [2.45, 2.75) is 6.42 Å². The van der Waals surface area contributed by atoms with Gasteiger partial charge in [-0.05, 0) is 28.7 Å². The third kappa shape index (κ3) is 1.71. The van der Waals surface area contributed by atoms with E-state index in [1.807, 2.05) is 12.2 Å². The molecule has 0 heterocycles. The van der Waals surface area contributed by atoms with Gasteiger partial charge in [0.2, 0.25) is 0 Å². The van der Waals surface area contributed by atoms with E-state index in [1.165, 1.54) is 22.3 Å². The first-order chi connectivity index (χ1) is 7.36. The number of allylic oxidation sites excluding steroid dienone is 6. The molecule has 1 aliphatic rings. The minimum atomic E-state index is 1.00. The highest BCUT2D eigenvalue weighted by Gasteiger charge is 2.16. The normalized spacial score (nSPS) is 14.4. The van der Waals surface area contributed by atoms with Gasteiger partial charge in [0, 0.05) is 0 Å². The Morgan fingerprint density at radius 2 is 1.93 bits per heavy atom. The zero-order chi connectivity index (χ0) is 10.7. The van der Waals surface area contributed by atoms with Crippen molar-refractivity contribution >= 4 is 5.57 Å². The van der Waals surface area contributed by atoms with Crippen LogP contribution in [0, 0.1) is 0 Å². The molecule has 1 aromatic rings. The van der Waals surface area contributed by atoms with E-state index in [9.17, 15) is 0 Å². The van der Waals surface area contributed by atoms with Crippen molar-refractivity contribution in [3.05, 3.63) is 78.4 Å². The quantitative estimate of drug-likeness (QED) is 0.640. The average molecular weight is 194 g/mol. The first kappa shape index (κ1) is 9.72. The molecular weight excluding hydrogens is 180 g/mol. The molecule has 0 aliphatic heterocycles. The zero-order valence-corrected chi connectivity index (χ0v) is 8.74. The standard InChI is InChI=1S/C15H14/c1-3-5-8-12-11-13-9-6-7-10-15(13)14(12)4-2/h3-10H,1-2,11H2/b8-5-. The molecule has 0 bridgehead atoms. The first-order valence-corrected chi connectivity index (χ1v) is 5.09. The fourth-order valence-electron chi connectivity index (χ4n) is 1.98. The van der Waals surface area contributed by atoms with Crippen LogP contribution in [0.25, 0.3) is 5.57 Å². The lowest BCUT2D eigenvalue weighted by Crippen LogP contribution is -1.80. The molecule has 0 saturated carbocycles. The van der Waals surface area contributed by atoms with E-state index in [2.05, 4.69) is 43.5 Å². The highest BCUT2D eigenvalue weighted by atomic mass is 14.2. The Hall–Kier alpha value is -1.82. The summed E-state index contributed by atoms with van der Waals surface area (Å²) in [6.07, 6.45) is 8.84. The number of hydrogen-bond donors (Lipinski definition) is 0. The second kappa shape index (κ2) is 4.14. The predicted octanol–water partition coefficient (Wildman–Crippen LogP) is 3.92. The Bertz CT molecular complexity index is 459. The zero-order valence-electron chi connectivity index (χ0n) is 8.74. The Labute approximate surface area is 91.0 Å². The van der Waals surface area contributed by atoms with Gasteiger partial charge in [0.25, 0.3) is 0 Å². The van der Waals surface area contributed by atoms with E-state index in [-0.39, 0.29) is 0 Å². The van der Waals surface area contributed by atoms with Crippen molar-refractivity contribution in [1.82, 2.24) is 0 Å². The molecule has 0 N–H and O–H groups in total. The summed E-state index contributed by atoms with van der Waals surface area (Å²) < 4.78 is 0. The molecule has 0 aromatic heterocycles. The van der Waals surface area contributed by atoms with Crippen molar-refractivity contribution in [2.75, 3.05) is 0 Å². The minimum Gasteiger partial charge on any atom is -0.0991 e. The van der Waals surface area contributed by atoms with E-state index in [0.717, 1.165) is 6.42 Å². The molecule has 2 rings (SSSR count). The van der Waals surface area contributed by atoms with Gasteiger partial charge in [-0.3, -0.25) is 0 Å². The largest absolute Gasteiger partial charge is 0.0991 e. The fraction of sp³-hybridized carbons (Fsp3) is 0.0667. The number of fused-ring (bicyclic) bond motifs is 1. The van der Waals surface area contributed by atoms with Gasteiger partial charge in [0.05, 0.1) is 0 Å². The number of hydrogen-bond acceptors (Lipinski definition) is 0. The van der Waals surface area contributed by atoms with Crippen LogP contribution in [0.15, 0.2) is 67.3 Å². The summed E-state index contributed by atoms with van der Waals surface area (Å²) >= 11 is 0. The van der Waals surface area contributed by atoms with Crippen LogP contribution in [0.5, 0.6) is 0 Å². The number of benzene rings is 1. The van der Waals surface area contributed by atoms with Gasteiger partial charge in [-0.1, -0.05) is 61.7 Å². The van der Waals surface area contributed by atoms with E-state index in [1.54, 1.807) is 6.08 Å². The lowest BCUT2D eigenvalue weighted by atomic mass is 10.1. The van der Waals surface area contributed by atoms with Gasteiger partial charge in [-0.2, -0.15) is 0 Å². The first-order valence-electron chi connectivity index (χ1n) is 5.09. The third-order valence-electron chi connectivity index (χ3n) is 2.67. The maximum atomic E-state index is 3.88. The molecular formula is C15H14.